The third-order valence-electron chi connectivity index (χ3n) is 13.7. The van der Waals surface area contributed by atoms with Gasteiger partial charge in [0.05, 0.1) is 11.3 Å². The first-order valence-corrected chi connectivity index (χ1v) is 21.1. The fourth-order valence-electron chi connectivity index (χ4n) is 10.1. The molecule has 3 heterocycles. The summed E-state index contributed by atoms with van der Waals surface area (Å²) in [4.78, 5) is 5.31. The summed E-state index contributed by atoms with van der Waals surface area (Å²) in [5.41, 5.74) is 17.2. The Morgan fingerprint density at radius 3 is 2.09 bits per heavy atom. The van der Waals surface area contributed by atoms with Crippen LogP contribution in [0.1, 0.15) is 106 Å². The van der Waals surface area contributed by atoms with Crippen molar-refractivity contribution in [1.29, 1.82) is 0 Å². The molecule has 2 aliphatic carbocycles. The molecule has 2 fully saturated rings. The number of rotatable bonds is 5. The molecule has 286 valence electrons. The lowest BCUT2D eigenvalue weighted by Crippen LogP contribution is -2.63. The van der Waals surface area contributed by atoms with E-state index in [0.29, 0.717) is 12.0 Å². The molecule has 0 saturated heterocycles. The second-order valence-electron chi connectivity index (χ2n) is 20.4. The van der Waals surface area contributed by atoms with Crippen molar-refractivity contribution >= 4 is 57.0 Å². The highest BCUT2D eigenvalue weighted by atomic mass is 16.3. The summed E-state index contributed by atoms with van der Waals surface area (Å²) in [6, 6.07) is 30.7. The van der Waals surface area contributed by atoms with Crippen molar-refractivity contribution in [3.05, 3.63) is 126 Å². The Morgan fingerprint density at radius 2 is 1.45 bits per heavy atom. The molecule has 4 aromatic carbocycles. The third-order valence-corrected chi connectivity index (χ3v) is 13.7. The summed E-state index contributed by atoms with van der Waals surface area (Å²) in [7, 11) is 0. The summed E-state index contributed by atoms with van der Waals surface area (Å²) in [6.07, 6.45) is 11.9. The van der Waals surface area contributed by atoms with Crippen LogP contribution in [0.2, 0.25) is 0 Å². The van der Waals surface area contributed by atoms with Crippen LogP contribution in [0, 0.1) is 17.3 Å². The second-order valence-corrected chi connectivity index (χ2v) is 20.4. The van der Waals surface area contributed by atoms with Crippen molar-refractivity contribution in [2.75, 3.05) is 9.80 Å². The van der Waals surface area contributed by atoms with Gasteiger partial charge >= 0.3 is 0 Å². The molecule has 1 aromatic heterocycles. The van der Waals surface area contributed by atoms with Crippen LogP contribution >= 0.6 is 0 Å². The minimum atomic E-state index is -0.0633. The lowest BCUT2D eigenvalue weighted by Gasteiger charge is -2.47. The van der Waals surface area contributed by atoms with E-state index < -0.39 is 0 Å². The van der Waals surface area contributed by atoms with Gasteiger partial charge in [-0.25, -0.2) is 0 Å². The Labute approximate surface area is 336 Å². The molecule has 3 nitrogen and oxygen atoms in total. The molecule has 2 saturated carbocycles. The zero-order valence-electron chi connectivity index (χ0n) is 35.4. The van der Waals surface area contributed by atoms with Crippen LogP contribution in [-0.4, -0.2) is 12.8 Å². The highest BCUT2D eigenvalue weighted by molar-refractivity contribution is 6.99. The summed E-state index contributed by atoms with van der Waals surface area (Å²) >= 11 is 0. The van der Waals surface area contributed by atoms with E-state index in [2.05, 4.69) is 177 Å². The Balaban J connectivity index is 1.42. The quantitative estimate of drug-likeness (QED) is 0.132. The van der Waals surface area contributed by atoms with Gasteiger partial charge in [0.2, 0.25) is 0 Å². The van der Waals surface area contributed by atoms with E-state index in [4.69, 9.17) is 4.42 Å². The molecule has 3 atom stereocenters. The van der Waals surface area contributed by atoms with Gasteiger partial charge in [-0.2, -0.15) is 0 Å². The standard InChI is InChI=1S/C52H59BN2O/c1-12-39(23-18-32(2)50(3,4)5)54-44-28-36(34-16-14-13-15-17-34)29-45-47(44)53(49-48(54)40-30-37(51(6,7)8)22-25-46(40)56-49)41-31-38(52(9,10)11)21-24-42(41)55(45)43-27-33-19-20-35(43)26-33/h12-18,21-25,28-31,33,35,43H,1,19-20,26-27H2,2-11H3/b32-18+,39-23+. The van der Waals surface area contributed by atoms with Gasteiger partial charge in [-0.1, -0.05) is 135 Å². The molecule has 9 rings (SSSR count). The first-order valence-electron chi connectivity index (χ1n) is 21.1. The lowest BCUT2D eigenvalue weighted by molar-refractivity contribution is 0.413. The van der Waals surface area contributed by atoms with Crippen molar-refractivity contribution in [2.45, 2.75) is 112 Å². The molecule has 3 unspecified atom stereocenters. The lowest BCUT2D eigenvalue weighted by atomic mass is 9.35. The van der Waals surface area contributed by atoms with Gasteiger partial charge in [0, 0.05) is 34.2 Å². The number of hydrogen-bond acceptors (Lipinski definition) is 3. The van der Waals surface area contributed by atoms with E-state index in [9.17, 15) is 0 Å². The predicted octanol–water partition coefficient (Wildman–Crippen LogP) is 12.4. The molecular formula is C52H59BN2O. The van der Waals surface area contributed by atoms with Crippen LogP contribution in [0.15, 0.2) is 119 Å². The van der Waals surface area contributed by atoms with Gasteiger partial charge in [0.15, 0.2) is 0 Å². The molecule has 0 spiro atoms. The number of benzene rings is 4. The third kappa shape index (κ3) is 5.93. The van der Waals surface area contributed by atoms with Crippen LogP contribution in [-0.2, 0) is 10.8 Å². The highest BCUT2D eigenvalue weighted by Crippen LogP contribution is 2.52. The summed E-state index contributed by atoms with van der Waals surface area (Å²) in [6.45, 7) is 27.5. The van der Waals surface area contributed by atoms with E-state index in [1.165, 1.54) is 81.5 Å². The van der Waals surface area contributed by atoms with Crippen molar-refractivity contribution in [3.8, 4) is 11.1 Å². The number of furan rings is 1. The Bertz CT molecular complexity index is 2440. The number of hydrogen-bond donors (Lipinski definition) is 0. The maximum Gasteiger partial charge on any atom is 0.297 e. The summed E-state index contributed by atoms with van der Waals surface area (Å²) in [5.74, 6) is 1.52. The molecule has 2 aliphatic heterocycles. The molecular weight excluding hydrogens is 679 g/mol. The van der Waals surface area contributed by atoms with Crippen LogP contribution < -0.4 is 26.4 Å². The first-order chi connectivity index (χ1) is 26.5. The number of nitrogens with zero attached hydrogens (tertiary/aromatic N) is 2. The number of allylic oxidation sites excluding steroid dienone is 4. The van der Waals surface area contributed by atoms with Gasteiger partial charge in [-0.3, -0.25) is 0 Å². The van der Waals surface area contributed by atoms with E-state index in [0.717, 1.165) is 33.9 Å². The smallest absolute Gasteiger partial charge is 0.297 e. The molecule has 0 amide bonds. The van der Waals surface area contributed by atoms with Gasteiger partial charge in [-0.05, 0) is 130 Å². The Morgan fingerprint density at radius 1 is 0.750 bits per heavy atom. The Hall–Kier alpha value is -4.70. The highest BCUT2D eigenvalue weighted by Gasteiger charge is 2.51. The topological polar surface area (TPSA) is 19.6 Å². The minimum absolute atomic E-state index is 0.00156. The van der Waals surface area contributed by atoms with E-state index in [1.54, 1.807) is 0 Å². The first kappa shape index (κ1) is 36.9. The van der Waals surface area contributed by atoms with E-state index >= 15 is 0 Å². The van der Waals surface area contributed by atoms with Crippen molar-refractivity contribution in [2.24, 2.45) is 17.3 Å². The fraction of sp³-hybridized carbons (Fsp3) is 0.385. The normalized spacial score (nSPS) is 20.8. The summed E-state index contributed by atoms with van der Waals surface area (Å²) < 4.78 is 7.28. The van der Waals surface area contributed by atoms with E-state index in [1.807, 2.05) is 6.08 Å². The number of anilines is 4. The van der Waals surface area contributed by atoms with Crippen LogP contribution in [0.3, 0.4) is 0 Å². The van der Waals surface area contributed by atoms with Gasteiger partial charge < -0.3 is 14.2 Å². The van der Waals surface area contributed by atoms with Crippen LogP contribution in [0.4, 0.5) is 22.7 Å². The van der Waals surface area contributed by atoms with Gasteiger partial charge in [0.1, 0.15) is 5.58 Å². The van der Waals surface area contributed by atoms with Crippen LogP contribution in [0.5, 0.6) is 0 Å². The Kier molecular flexibility index (Phi) is 8.51. The minimum Gasteiger partial charge on any atom is -0.468 e. The average Bonchev–Trinajstić information content (AvgIpc) is 3.89. The average molecular weight is 739 g/mol. The van der Waals surface area contributed by atoms with Crippen molar-refractivity contribution < 1.29 is 4.42 Å². The maximum atomic E-state index is 7.28. The largest absolute Gasteiger partial charge is 0.468 e. The molecule has 2 bridgehead atoms. The second kappa shape index (κ2) is 12.9. The molecule has 0 N–H and O–H groups in total. The molecule has 0 radical (unpaired) electrons. The molecule has 56 heavy (non-hydrogen) atoms. The zero-order chi connectivity index (χ0) is 39.5. The zero-order valence-corrected chi connectivity index (χ0v) is 35.4. The van der Waals surface area contributed by atoms with Gasteiger partial charge in [0.25, 0.3) is 6.71 Å². The van der Waals surface area contributed by atoms with Crippen LogP contribution in [0.25, 0.3) is 22.1 Å². The van der Waals surface area contributed by atoms with Crippen molar-refractivity contribution in [1.82, 2.24) is 0 Å². The van der Waals surface area contributed by atoms with Crippen molar-refractivity contribution in [3.63, 3.8) is 0 Å². The monoisotopic (exact) mass is 738 g/mol. The fourth-order valence-corrected chi connectivity index (χ4v) is 10.1. The molecule has 4 aliphatic rings. The SMILES string of the molecule is C=C/C(=C\C=C(/C)C(C)(C)C)N1c2cc(-c3ccccc3)cc3c2B(c2cc(C(C)(C)C)ccc2N3C2CC3CCC2C3)c2oc3ccc(C(C)(C)C)cc3c21. The maximum absolute atomic E-state index is 7.28. The number of fused-ring (bicyclic) bond motifs is 8. The molecule has 4 heteroatoms. The van der Waals surface area contributed by atoms with Gasteiger partial charge in [-0.15, -0.1) is 0 Å². The summed E-state index contributed by atoms with van der Waals surface area (Å²) in [5, 5.41) is 1.15. The van der Waals surface area contributed by atoms with E-state index in [-0.39, 0.29) is 23.0 Å². The predicted molar refractivity (Wildman–Crippen MR) is 242 cm³/mol. The molecule has 5 aromatic rings.